The Kier molecular flexibility index (Phi) is 4.68. The molecule has 1 fully saturated rings. The van der Waals surface area contributed by atoms with E-state index in [1.54, 1.807) is 7.11 Å². The monoisotopic (exact) mass is 293 g/mol. The van der Waals surface area contributed by atoms with Gasteiger partial charge < -0.3 is 15.0 Å². The summed E-state index contributed by atoms with van der Waals surface area (Å²) in [5.41, 5.74) is 3.26. The number of pyridine rings is 1. The van der Waals surface area contributed by atoms with E-state index in [1.807, 2.05) is 19.1 Å². The van der Waals surface area contributed by atoms with Crippen LogP contribution in [0.4, 0.5) is 5.69 Å². The molecule has 0 spiro atoms. The third-order valence-electron chi connectivity index (χ3n) is 3.59. The number of nitrogens with zero attached hydrogens (tertiary/aromatic N) is 2. The zero-order valence-corrected chi connectivity index (χ0v) is 12.7. The number of hydrogen-bond acceptors (Lipinski definition) is 4. The van der Waals surface area contributed by atoms with E-state index in [0.717, 1.165) is 43.1 Å². The summed E-state index contributed by atoms with van der Waals surface area (Å²) in [7, 11) is 1.70. The number of hydrogen-bond donors (Lipinski definition) is 1. The average molecular weight is 294 g/mol. The number of fused-ring (bicyclic) bond motifs is 1. The number of anilines is 1. The zero-order valence-electron chi connectivity index (χ0n) is 11.8. The van der Waals surface area contributed by atoms with E-state index >= 15 is 0 Å². The first-order valence-electron chi connectivity index (χ1n) is 6.69. The van der Waals surface area contributed by atoms with Gasteiger partial charge in [0.05, 0.1) is 7.11 Å². The van der Waals surface area contributed by atoms with Crippen LogP contribution in [0.15, 0.2) is 24.3 Å². The molecule has 3 rings (SSSR count). The van der Waals surface area contributed by atoms with Crippen LogP contribution in [-0.4, -0.2) is 38.3 Å². The maximum absolute atomic E-state index is 5.43. The summed E-state index contributed by atoms with van der Waals surface area (Å²) in [6, 6.07) is 8.30. The predicted octanol–water partition coefficient (Wildman–Crippen LogP) is 2.38. The van der Waals surface area contributed by atoms with Crippen LogP contribution < -0.4 is 15.0 Å². The number of halogens is 1. The van der Waals surface area contributed by atoms with Crippen molar-refractivity contribution in [2.45, 2.75) is 6.92 Å². The SMILES string of the molecule is COc1cccc2c(N3CCNCC3)cc(C)nc12.Cl. The molecule has 5 heteroatoms. The van der Waals surface area contributed by atoms with Gasteiger partial charge in [0.15, 0.2) is 0 Å². The van der Waals surface area contributed by atoms with Crippen LogP contribution in [0.3, 0.4) is 0 Å². The second-order valence-corrected chi connectivity index (χ2v) is 4.88. The van der Waals surface area contributed by atoms with Crippen LogP contribution in [-0.2, 0) is 0 Å². The second-order valence-electron chi connectivity index (χ2n) is 4.88. The third-order valence-corrected chi connectivity index (χ3v) is 3.59. The van der Waals surface area contributed by atoms with E-state index < -0.39 is 0 Å². The van der Waals surface area contributed by atoms with Gasteiger partial charge in [-0.3, -0.25) is 0 Å². The molecular formula is C15H20ClN3O. The fourth-order valence-corrected chi connectivity index (χ4v) is 2.66. The number of aromatic nitrogens is 1. The van der Waals surface area contributed by atoms with E-state index in [0.29, 0.717) is 0 Å². The van der Waals surface area contributed by atoms with Crippen molar-refractivity contribution in [2.75, 3.05) is 38.2 Å². The third kappa shape index (κ3) is 2.67. The molecule has 0 atom stereocenters. The molecule has 1 aliphatic rings. The quantitative estimate of drug-likeness (QED) is 0.922. The van der Waals surface area contributed by atoms with Gasteiger partial charge >= 0.3 is 0 Å². The minimum absolute atomic E-state index is 0. The maximum atomic E-state index is 5.43. The number of aryl methyl sites for hydroxylation is 1. The molecular weight excluding hydrogens is 274 g/mol. The first kappa shape index (κ1) is 14.9. The van der Waals surface area contributed by atoms with Crippen molar-refractivity contribution in [3.8, 4) is 5.75 Å². The van der Waals surface area contributed by atoms with Crippen LogP contribution in [0.1, 0.15) is 5.69 Å². The second kappa shape index (κ2) is 6.29. The average Bonchev–Trinajstić information content (AvgIpc) is 2.46. The lowest BCUT2D eigenvalue weighted by atomic mass is 10.1. The molecule has 1 N–H and O–H groups in total. The Bertz CT molecular complexity index is 597. The number of methoxy groups -OCH3 is 1. The van der Waals surface area contributed by atoms with Crippen LogP contribution in [0, 0.1) is 6.92 Å². The molecule has 108 valence electrons. The first-order chi connectivity index (χ1) is 9.29. The Morgan fingerprint density at radius 1 is 1.25 bits per heavy atom. The van der Waals surface area contributed by atoms with Gasteiger partial charge in [-0.15, -0.1) is 12.4 Å². The van der Waals surface area contributed by atoms with Crippen molar-refractivity contribution in [3.05, 3.63) is 30.0 Å². The summed E-state index contributed by atoms with van der Waals surface area (Å²) >= 11 is 0. The van der Waals surface area contributed by atoms with Gasteiger partial charge in [0.25, 0.3) is 0 Å². The fraction of sp³-hybridized carbons (Fsp3) is 0.400. The molecule has 1 aromatic carbocycles. The van der Waals surface area contributed by atoms with E-state index in [1.165, 1.54) is 11.1 Å². The van der Waals surface area contributed by atoms with Crippen molar-refractivity contribution >= 4 is 29.0 Å². The van der Waals surface area contributed by atoms with Crippen molar-refractivity contribution in [2.24, 2.45) is 0 Å². The van der Waals surface area contributed by atoms with Gasteiger partial charge in [0, 0.05) is 42.9 Å². The van der Waals surface area contributed by atoms with E-state index in [2.05, 4.69) is 27.3 Å². The van der Waals surface area contributed by atoms with Crippen LogP contribution in [0.2, 0.25) is 0 Å². The summed E-state index contributed by atoms with van der Waals surface area (Å²) in [5, 5.41) is 4.56. The highest BCUT2D eigenvalue weighted by atomic mass is 35.5. The standard InChI is InChI=1S/C15H19N3O.ClH/c1-11-10-13(18-8-6-16-7-9-18)12-4-3-5-14(19-2)15(12)17-11;/h3-5,10,16H,6-9H2,1-2H3;1H. The Hall–Kier alpha value is -1.52. The summed E-state index contributed by atoms with van der Waals surface area (Å²) < 4.78 is 5.43. The number of nitrogens with one attached hydrogen (secondary N) is 1. The maximum Gasteiger partial charge on any atom is 0.145 e. The molecule has 1 aliphatic heterocycles. The Labute approximate surface area is 125 Å². The lowest BCUT2D eigenvalue weighted by Crippen LogP contribution is -2.43. The molecule has 0 saturated carbocycles. The van der Waals surface area contributed by atoms with E-state index in [4.69, 9.17) is 4.74 Å². The van der Waals surface area contributed by atoms with Gasteiger partial charge in [-0.2, -0.15) is 0 Å². The molecule has 0 aliphatic carbocycles. The largest absolute Gasteiger partial charge is 0.494 e. The molecule has 0 radical (unpaired) electrons. The highest BCUT2D eigenvalue weighted by molar-refractivity contribution is 5.95. The highest BCUT2D eigenvalue weighted by Crippen LogP contribution is 2.32. The molecule has 2 aromatic rings. The van der Waals surface area contributed by atoms with Gasteiger partial charge in [0.1, 0.15) is 11.3 Å². The van der Waals surface area contributed by atoms with Gasteiger partial charge in [-0.05, 0) is 19.1 Å². The van der Waals surface area contributed by atoms with Crippen molar-refractivity contribution < 1.29 is 4.74 Å². The molecule has 0 amide bonds. The number of para-hydroxylation sites is 1. The first-order valence-corrected chi connectivity index (χ1v) is 6.69. The van der Waals surface area contributed by atoms with E-state index in [-0.39, 0.29) is 12.4 Å². The number of benzene rings is 1. The smallest absolute Gasteiger partial charge is 0.145 e. The number of piperazine rings is 1. The number of rotatable bonds is 2. The molecule has 0 bridgehead atoms. The molecule has 0 unspecified atom stereocenters. The predicted molar refractivity (Wildman–Crippen MR) is 85.4 cm³/mol. The molecule has 1 saturated heterocycles. The topological polar surface area (TPSA) is 37.4 Å². The Morgan fingerprint density at radius 3 is 2.70 bits per heavy atom. The molecule has 4 nitrogen and oxygen atoms in total. The van der Waals surface area contributed by atoms with Gasteiger partial charge in [-0.25, -0.2) is 4.98 Å². The van der Waals surface area contributed by atoms with Crippen LogP contribution in [0.25, 0.3) is 10.9 Å². The van der Waals surface area contributed by atoms with Crippen molar-refractivity contribution in [3.63, 3.8) is 0 Å². The van der Waals surface area contributed by atoms with Crippen LogP contribution >= 0.6 is 12.4 Å². The normalized spacial score (nSPS) is 15.0. The number of ether oxygens (including phenoxy) is 1. The van der Waals surface area contributed by atoms with Crippen molar-refractivity contribution in [1.82, 2.24) is 10.3 Å². The Morgan fingerprint density at radius 2 is 2.00 bits per heavy atom. The fourth-order valence-electron chi connectivity index (χ4n) is 2.66. The summed E-state index contributed by atoms with van der Waals surface area (Å²) in [4.78, 5) is 7.06. The molecule has 20 heavy (non-hydrogen) atoms. The lowest BCUT2D eigenvalue weighted by molar-refractivity contribution is 0.419. The zero-order chi connectivity index (χ0) is 13.2. The molecule has 1 aromatic heterocycles. The van der Waals surface area contributed by atoms with Crippen LogP contribution in [0.5, 0.6) is 5.75 Å². The summed E-state index contributed by atoms with van der Waals surface area (Å²) in [5.74, 6) is 0.845. The Balaban J connectivity index is 0.00000147. The van der Waals surface area contributed by atoms with Crippen molar-refractivity contribution in [1.29, 1.82) is 0 Å². The minimum Gasteiger partial charge on any atom is -0.494 e. The summed E-state index contributed by atoms with van der Waals surface area (Å²) in [6.45, 7) is 6.18. The minimum atomic E-state index is 0. The van der Waals surface area contributed by atoms with Gasteiger partial charge in [0.2, 0.25) is 0 Å². The lowest BCUT2D eigenvalue weighted by Gasteiger charge is -2.30. The molecule has 2 heterocycles. The summed E-state index contributed by atoms with van der Waals surface area (Å²) in [6.07, 6.45) is 0. The van der Waals surface area contributed by atoms with Gasteiger partial charge in [-0.1, -0.05) is 12.1 Å². The highest BCUT2D eigenvalue weighted by Gasteiger charge is 2.15. The van der Waals surface area contributed by atoms with E-state index in [9.17, 15) is 0 Å².